The number of aliphatic hydroxyl groups excluding tert-OH is 1. The van der Waals surface area contributed by atoms with E-state index in [0.29, 0.717) is 53.8 Å². The van der Waals surface area contributed by atoms with E-state index in [1.165, 1.54) is 0 Å². The van der Waals surface area contributed by atoms with Crippen molar-refractivity contribution in [3.8, 4) is 11.5 Å². The van der Waals surface area contributed by atoms with Gasteiger partial charge in [-0.2, -0.15) is 0 Å². The summed E-state index contributed by atoms with van der Waals surface area (Å²) in [6, 6.07) is 11.3. The first-order chi connectivity index (χ1) is 16.4. The molecule has 180 valence electrons. The van der Waals surface area contributed by atoms with Gasteiger partial charge in [0.05, 0.1) is 11.6 Å². The van der Waals surface area contributed by atoms with Crippen molar-refractivity contribution in [1.82, 2.24) is 9.80 Å². The number of ketones is 1. The van der Waals surface area contributed by atoms with E-state index >= 15 is 0 Å². The van der Waals surface area contributed by atoms with Crippen LogP contribution in [0.3, 0.4) is 0 Å². The molecular weight excluding hydrogens is 456 g/mol. The van der Waals surface area contributed by atoms with Crippen molar-refractivity contribution in [2.24, 2.45) is 0 Å². The maximum absolute atomic E-state index is 13.2. The highest BCUT2D eigenvalue weighted by atomic mass is 35.5. The number of carbonyl (C=O) groups is 2. The standard InChI is InChI=1S/C26H29ClN2O5/c1-3-28(4-2)12-5-13-29-23(17-6-9-19(27)10-7-17)22(25(31)26(29)32)24(30)18-8-11-20-21(16-18)34-15-14-33-20/h6-11,16,23,30H,3-5,12-15H2,1-2H3. The van der Waals surface area contributed by atoms with Crippen LogP contribution < -0.4 is 9.47 Å². The molecule has 0 aliphatic carbocycles. The Kier molecular flexibility index (Phi) is 7.44. The molecule has 1 fully saturated rings. The summed E-state index contributed by atoms with van der Waals surface area (Å²) < 4.78 is 11.2. The molecule has 0 aromatic heterocycles. The SMILES string of the molecule is CCN(CC)CCCN1C(=O)C(=O)C(=C(O)c2ccc3c(c2)OCCO3)C1c1ccc(Cl)cc1. The summed E-state index contributed by atoms with van der Waals surface area (Å²) in [6.07, 6.45) is 0.711. The Balaban J connectivity index is 1.72. The number of hydrogen-bond acceptors (Lipinski definition) is 6. The van der Waals surface area contributed by atoms with Crippen LogP contribution in [0.25, 0.3) is 5.76 Å². The highest BCUT2D eigenvalue weighted by molar-refractivity contribution is 6.46. The topological polar surface area (TPSA) is 79.3 Å². The molecule has 8 heteroatoms. The summed E-state index contributed by atoms with van der Waals surface area (Å²) in [5, 5.41) is 11.8. The Labute approximate surface area is 204 Å². The van der Waals surface area contributed by atoms with Gasteiger partial charge in [0.1, 0.15) is 19.0 Å². The highest BCUT2D eigenvalue weighted by Gasteiger charge is 2.45. The lowest BCUT2D eigenvalue weighted by molar-refractivity contribution is -0.140. The number of rotatable bonds is 8. The lowest BCUT2D eigenvalue weighted by atomic mass is 9.95. The summed E-state index contributed by atoms with van der Waals surface area (Å²) in [5.41, 5.74) is 1.17. The summed E-state index contributed by atoms with van der Waals surface area (Å²) in [4.78, 5) is 30.1. The number of halogens is 1. The molecule has 2 aromatic rings. The summed E-state index contributed by atoms with van der Waals surface area (Å²) >= 11 is 6.08. The molecule has 2 aliphatic heterocycles. The molecule has 0 bridgehead atoms. The Morgan fingerprint density at radius 3 is 2.41 bits per heavy atom. The fraction of sp³-hybridized carbons (Fsp3) is 0.385. The van der Waals surface area contributed by atoms with Crippen LogP contribution in [0.4, 0.5) is 0 Å². The Morgan fingerprint density at radius 1 is 1.06 bits per heavy atom. The maximum Gasteiger partial charge on any atom is 0.295 e. The molecule has 2 aromatic carbocycles. The number of fused-ring (bicyclic) bond motifs is 1. The van der Waals surface area contributed by atoms with E-state index in [1.54, 1.807) is 47.4 Å². The van der Waals surface area contributed by atoms with Gasteiger partial charge >= 0.3 is 0 Å². The van der Waals surface area contributed by atoms with E-state index in [-0.39, 0.29) is 11.3 Å². The third-order valence-electron chi connectivity index (χ3n) is 6.31. The van der Waals surface area contributed by atoms with Crippen molar-refractivity contribution in [3.05, 3.63) is 64.2 Å². The van der Waals surface area contributed by atoms with Crippen molar-refractivity contribution in [2.45, 2.75) is 26.3 Å². The van der Waals surface area contributed by atoms with Gasteiger partial charge in [-0.15, -0.1) is 0 Å². The van der Waals surface area contributed by atoms with Gasteiger partial charge in [-0.25, -0.2) is 0 Å². The largest absolute Gasteiger partial charge is 0.507 e. The van der Waals surface area contributed by atoms with Gasteiger partial charge < -0.3 is 24.4 Å². The first-order valence-electron chi connectivity index (χ1n) is 11.6. The van der Waals surface area contributed by atoms with Crippen LogP contribution in [0, 0.1) is 0 Å². The number of carbonyl (C=O) groups excluding carboxylic acids is 2. The van der Waals surface area contributed by atoms with E-state index in [2.05, 4.69) is 18.7 Å². The Bertz CT molecular complexity index is 1090. The molecule has 4 rings (SSSR count). The van der Waals surface area contributed by atoms with Crippen molar-refractivity contribution < 1.29 is 24.2 Å². The smallest absolute Gasteiger partial charge is 0.295 e. The summed E-state index contributed by atoms with van der Waals surface area (Å²) in [7, 11) is 0. The van der Waals surface area contributed by atoms with Crippen molar-refractivity contribution in [2.75, 3.05) is 39.4 Å². The van der Waals surface area contributed by atoms with Crippen molar-refractivity contribution in [3.63, 3.8) is 0 Å². The number of amides is 1. The van der Waals surface area contributed by atoms with Crippen LogP contribution in [-0.4, -0.2) is 66.0 Å². The van der Waals surface area contributed by atoms with E-state index in [0.717, 1.165) is 19.6 Å². The Morgan fingerprint density at radius 2 is 1.74 bits per heavy atom. The summed E-state index contributed by atoms with van der Waals surface area (Å²) in [6.45, 7) is 8.08. The minimum absolute atomic E-state index is 0.0619. The molecule has 1 unspecified atom stereocenters. The molecule has 2 heterocycles. The third kappa shape index (κ3) is 4.76. The van der Waals surface area contributed by atoms with E-state index in [9.17, 15) is 14.7 Å². The zero-order valence-electron chi connectivity index (χ0n) is 19.4. The average molecular weight is 485 g/mol. The molecular formula is C26H29ClN2O5. The van der Waals surface area contributed by atoms with Gasteiger partial charge in [0.15, 0.2) is 11.5 Å². The monoisotopic (exact) mass is 484 g/mol. The zero-order valence-corrected chi connectivity index (χ0v) is 20.2. The van der Waals surface area contributed by atoms with Crippen LogP contribution in [0.15, 0.2) is 48.0 Å². The fourth-order valence-electron chi connectivity index (χ4n) is 4.45. The minimum atomic E-state index is -0.706. The lowest BCUT2D eigenvalue weighted by Crippen LogP contribution is -2.33. The second-order valence-corrected chi connectivity index (χ2v) is 8.72. The maximum atomic E-state index is 13.2. The fourth-order valence-corrected chi connectivity index (χ4v) is 4.58. The van der Waals surface area contributed by atoms with E-state index in [1.807, 2.05) is 0 Å². The second-order valence-electron chi connectivity index (χ2n) is 8.28. The van der Waals surface area contributed by atoms with Crippen LogP contribution in [-0.2, 0) is 9.59 Å². The molecule has 1 saturated heterocycles. The molecule has 7 nitrogen and oxygen atoms in total. The first kappa shape index (κ1) is 24.1. The van der Waals surface area contributed by atoms with Crippen molar-refractivity contribution in [1.29, 1.82) is 0 Å². The quantitative estimate of drug-likeness (QED) is 0.342. The molecule has 0 spiro atoms. The molecule has 0 radical (unpaired) electrons. The number of hydrogen-bond donors (Lipinski definition) is 1. The van der Waals surface area contributed by atoms with E-state index in [4.69, 9.17) is 21.1 Å². The van der Waals surface area contributed by atoms with E-state index < -0.39 is 17.7 Å². The molecule has 0 saturated carbocycles. The number of nitrogens with zero attached hydrogens (tertiary/aromatic N) is 2. The van der Waals surface area contributed by atoms with Crippen LogP contribution >= 0.6 is 11.6 Å². The number of ether oxygens (including phenoxy) is 2. The molecule has 34 heavy (non-hydrogen) atoms. The van der Waals surface area contributed by atoms with Gasteiger partial charge in [-0.3, -0.25) is 9.59 Å². The predicted octanol–water partition coefficient (Wildman–Crippen LogP) is 4.26. The molecule has 1 amide bonds. The van der Waals surface area contributed by atoms with Crippen LogP contribution in [0.2, 0.25) is 5.02 Å². The first-order valence-corrected chi connectivity index (χ1v) is 12.0. The minimum Gasteiger partial charge on any atom is -0.507 e. The normalized spacial score (nSPS) is 19.2. The van der Waals surface area contributed by atoms with Crippen LogP contribution in [0.1, 0.15) is 37.4 Å². The Hall–Kier alpha value is -3.03. The number of likely N-dealkylation sites (tertiary alicyclic amines) is 1. The zero-order chi connectivity index (χ0) is 24.2. The van der Waals surface area contributed by atoms with Crippen LogP contribution in [0.5, 0.6) is 11.5 Å². The lowest BCUT2D eigenvalue weighted by Gasteiger charge is -2.27. The van der Waals surface area contributed by atoms with Crippen molar-refractivity contribution >= 4 is 29.1 Å². The molecule has 1 atom stereocenters. The molecule has 2 aliphatic rings. The van der Waals surface area contributed by atoms with Gasteiger partial charge in [0.25, 0.3) is 11.7 Å². The molecule has 1 N–H and O–H groups in total. The number of Topliss-reactive ketones (excluding diaryl/α,β-unsaturated/α-hetero) is 1. The number of benzene rings is 2. The second kappa shape index (κ2) is 10.5. The van der Waals surface area contributed by atoms with Gasteiger partial charge in [-0.1, -0.05) is 37.6 Å². The van der Waals surface area contributed by atoms with Gasteiger partial charge in [0.2, 0.25) is 0 Å². The van der Waals surface area contributed by atoms with Gasteiger partial charge in [0, 0.05) is 17.1 Å². The third-order valence-corrected chi connectivity index (χ3v) is 6.56. The highest BCUT2D eigenvalue weighted by Crippen LogP contribution is 2.41. The van der Waals surface area contributed by atoms with Gasteiger partial charge in [-0.05, 0) is 62.0 Å². The average Bonchev–Trinajstić information content (AvgIpc) is 3.11. The summed E-state index contributed by atoms with van der Waals surface area (Å²) in [5.74, 6) is -0.476. The predicted molar refractivity (Wildman–Crippen MR) is 130 cm³/mol. The number of aliphatic hydroxyl groups is 1.